The van der Waals surface area contributed by atoms with Gasteiger partial charge >= 0.3 is 5.97 Å². The zero-order valence-corrected chi connectivity index (χ0v) is 12.6. The number of hydrogen-bond donors (Lipinski definition) is 2. The van der Waals surface area contributed by atoms with E-state index >= 15 is 0 Å². The van der Waals surface area contributed by atoms with E-state index in [9.17, 15) is 9.59 Å². The molecule has 19 heavy (non-hydrogen) atoms. The lowest BCUT2D eigenvalue weighted by Gasteiger charge is -2.17. The largest absolute Gasteiger partial charge is 0.480 e. The van der Waals surface area contributed by atoms with Gasteiger partial charge in [-0.15, -0.1) is 0 Å². The van der Waals surface area contributed by atoms with Crippen molar-refractivity contribution in [1.82, 2.24) is 5.32 Å². The third-order valence-electron chi connectivity index (χ3n) is 2.96. The monoisotopic (exact) mass is 327 g/mol. The Morgan fingerprint density at radius 1 is 1.42 bits per heavy atom. The van der Waals surface area contributed by atoms with Crippen LogP contribution in [0.1, 0.15) is 25.8 Å². The van der Waals surface area contributed by atoms with Crippen LogP contribution in [0.4, 0.5) is 0 Å². The fraction of sp³-hybridized carbons (Fsp3) is 0.429. The van der Waals surface area contributed by atoms with Crippen molar-refractivity contribution in [2.75, 3.05) is 0 Å². The normalized spacial score (nSPS) is 13.6. The van der Waals surface area contributed by atoms with E-state index in [0.29, 0.717) is 12.8 Å². The molecular weight excluding hydrogens is 310 g/mol. The first kappa shape index (κ1) is 15.7. The van der Waals surface area contributed by atoms with E-state index < -0.39 is 12.0 Å². The maximum Gasteiger partial charge on any atom is 0.325 e. The third-order valence-corrected chi connectivity index (χ3v) is 3.46. The Labute approximate surface area is 121 Å². The molecule has 0 aliphatic carbocycles. The summed E-state index contributed by atoms with van der Waals surface area (Å²) in [5, 5.41) is 11.3. The smallest absolute Gasteiger partial charge is 0.325 e. The lowest BCUT2D eigenvalue weighted by molar-refractivity contribution is -0.141. The fourth-order valence-electron chi connectivity index (χ4n) is 1.76. The number of benzene rings is 1. The summed E-state index contributed by atoms with van der Waals surface area (Å²) < 4.78 is 0.971. The molecule has 0 aliphatic heterocycles. The van der Waals surface area contributed by atoms with E-state index in [2.05, 4.69) is 21.2 Å². The summed E-state index contributed by atoms with van der Waals surface area (Å²) in [4.78, 5) is 22.7. The molecule has 0 aromatic heterocycles. The van der Waals surface area contributed by atoms with E-state index in [-0.39, 0.29) is 11.8 Å². The Balaban J connectivity index is 2.67. The van der Waals surface area contributed by atoms with Crippen LogP contribution in [0, 0.1) is 5.92 Å². The first-order valence-corrected chi connectivity index (χ1v) is 7.01. The predicted octanol–water partition coefficient (Wildman–Crippen LogP) is 2.61. The number of nitrogens with one attached hydrogen (secondary N) is 1. The number of amides is 1. The summed E-state index contributed by atoms with van der Waals surface area (Å²) >= 11 is 3.39. The van der Waals surface area contributed by atoms with Crippen LogP contribution in [-0.4, -0.2) is 23.0 Å². The highest BCUT2D eigenvalue weighted by Crippen LogP contribution is 2.17. The van der Waals surface area contributed by atoms with Gasteiger partial charge in [-0.3, -0.25) is 9.59 Å². The van der Waals surface area contributed by atoms with Gasteiger partial charge in [0.1, 0.15) is 6.04 Å². The molecule has 104 valence electrons. The Bertz CT molecular complexity index is 462. The number of carbonyl (C=O) groups excluding carboxylic acids is 1. The maximum absolute atomic E-state index is 12.0. The number of halogens is 1. The average molecular weight is 328 g/mol. The second-order valence-electron chi connectivity index (χ2n) is 4.51. The molecule has 0 saturated heterocycles. The Kier molecular flexibility index (Phi) is 6.02. The topological polar surface area (TPSA) is 66.4 Å². The Hall–Kier alpha value is -1.36. The average Bonchev–Trinajstić information content (AvgIpc) is 2.35. The van der Waals surface area contributed by atoms with E-state index in [1.54, 1.807) is 0 Å². The van der Waals surface area contributed by atoms with Crippen molar-refractivity contribution < 1.29 is 14.7 Å². The Morgan fingerprint density at radius 3 is 2.63 bits per heavy atom. The highest BCUT2D eigenvalue weighted by molar-refractivity contribution is 9.10. The summed E-state index contributed by atoms with van der Waals surface area (Å²) in [6.07, 6.45) is 1.28. The van der Waals surface area contributed by atoms with Crippen molar-refractivity contribution in [2.45, 2.75) is 32.7 Å². The molecule has 1 rings (SSSR count). The summed E-state index contributed by atoms with van der Waals surface area (Å²) in [7, 11) is 0. The van der Waals surface area contributed by atoms with Crippen LogP contribution in [0.15, 0.2) is 28.7 Å². The number of hydrogen-bond acceptors (Lipinski definition) is 2. The van der Waals surface area contributed by atoms with E-state index in [1.807, 2.05) is 31.2 Å². The molecular formula is C14H18BrNO3. The number of rotatable bonds is 6. The second kappa shape index (κ2) is 7.28. The summed E-state index contributed by atoms with van der Waals surface area (Å²) in [5.41, 5.74) is 1.05. The third kappa shape index (κ3) is 5.03. The first-order chi connectivity index (χ1) is 8.93. The quantitative estimate of drug-likeness (QED) is 0.844. The first-order valence-electron chi connectivity index (χ1n) is 6.21. The van der Waals surface area contributed by atoms with Crippen molar-refractivity contribution in [1.29, 1.82) is 0 Å². The van der Waals surface area contributed by atoms with Gasteiger partial charge in [0.15, 0.2) is 0 Å². The van der Waals surface area contributed by atoms with E-state index in [4.69, 9.17) is 5.11 Å². The van der Waals surface area contributed by atoms with Gasteiger partial charge in [0.2, 0.25) is 5.91 Å². The Morgan fingerprint density at radius 2 is 2.11 bits per heavy atom. The van der Waals surface area contributed by atoms with Gasteiger partial charge in [0.05, 0.1) is 0 Å². The molecule has 0 heterocycles. The number of carboxylic acids is 1. The lowest BCUT2D eigenvalue weighted by Crippen LogP contribution is -2.42. The van der Waals surface area contributed by atoms with Crippen LogP contribution in [0.5, 0.6) is 0 Å². The zero-order chi connectivity index (χ0) is 14.4. The van der Waals surface area contributed by atoms with Crippen LogP contribution in [0.3, 0.4) is 0 Å². The van der Waals surface area contributed by atoms with Gasteiger partial charge in [-0.2, -0.15) is 0 Å². The highest BCUT2D eigenvalue weighted by Gasteiger charge is 2.21. The molecule has 0 spiro atoms. The van der Waals surface area contributed by atoms with Gasteiger partial charge in [-0.1, -0.05) is 35.0 Å². The minimum absolute atomic E-state index is 0.211. The fourth-order valence-corrected chi connectivity index (χ4v) is 2.21. The highest BCUT2D eigenvalue weighted by atomic mass is 79.9. The predicted molar refractivity (Wildman–Crippen MR) is 76.9 cm³/mol. The van der Waals surface area contributed by atoms with Gasteiger partial charge < -0.3 is 10.4 Å². The summed E-state index contributed by atoms with van der Waals surface area (Å²) in [6, 6.07) is 6.92. The molecule has 1 unspecified atom stereocenters. The molecule has 0 saturated carbocycles. The molecule has 1 aromatic carbocycles. The van der Waals surface area contributed by atoms with E-state index in [1.165, 1.54) is 6.92 Å². The van der Waals surface area contributed by atoms with Crippen molar-refractivity contribution in [3.8, 4) is 0 Å². The van der Waals surface area contributed by atoms with Gasteiger partial charge in [-0.05, 0) is 37.5 Å². The zero-order valence-electron chi connectivity index (χ0n) is 11.0. The van der Waals surface area contributed by atoms with Crippen molar-refractivity contribution in [3.63, 3.8) is 0 Å². The van der Waals surface area contributed by atoms with Gasteiger partial charge in [0, 0.05) is 10.4 Å². The standard InChI is InChI=1S/C14H18BrNO3/c1-3-11(13(17)16-9(2)14(18)19)7-10-5-4-6-12(15)8-10/h4-6,8-9,11H,3,7H2,1-2H3,(H,16,17)(H,18,19)/t9-,11?/m0/s1. The molecule has 0 radical (unpaired) electrons. The van der Waals surface area contributed by atoms with Crippen LogP contribution >= 0.6 is 15.9 Å². The van der Waals surface area contributed by atoms with Gasteiger partial charge in [0.25, 0.3) is 0 Å². The van der Waals surface area contributed by atoms with E-state index in [0.717, 1.165) is 10.0 Å². The molecule has 0 aliphatic rings. The van der Waals surface area contributed by atoms with Crippen molar-refractivity contribution in [3.05, 3.63) is 34.3 Å². The minimum Gasteiger partial charge on any atom is -0.480 e. The maximum atomic E-state index is 12.0. The van der Waals surface area contributed by atoms with Crippen LogP contribution in [0.2, 0.25) is 0 Å². The molecule has 0 fully saturated rings. The number of aliphatic carboxylic acids is 1. The summed E-state index contributed by atoms with van der Waals surface area (Å²) in [5.74, 6) is -1.45. The van der Waals surface area contributed by atoms with Crippen molar-refractivity contribution >= 4 is 27.8 Å². The molecule has 1 aromatic rings. The molecule has 2 N–H and O–H groups in total. The summed E-state index contributed by atoms with van der Waals surface area (Å²) in [6.45, 7) is 3.39. The van der Waals surface area contributed by atoms with Crippen LogP contribution in [0.25, 0.3) is 0 Å². The SMILES string of the molecule is CCC(Cc1cccc(Br)c1)C(=O)N[C@@H](C)C(=O)O. The molecule has 2 atom stereocenters. The molecule has 4 nitrogen and oxygen atoms in total. The van der Waals surface area contributed by atoms with Gasteiger partial charge in [-0.25, -0.2) is 0 Å². The van der Waals surface area contributed by atoms with Crippen LogP contribution in [-0.2, 0) is 16.0 Å². The number of carboxylic acid groups (broad SMARTS) is 1. The van der Waals surface area contributed by atoms with Crippen LogP contribution < -0.4 is 5.32 Å². The molecule has 5 heteroatoms. The minimum atomic E-state index is -1.02. The molecule has 0 bridgehead atoms. The number of carbonyl (C=O) groups is 2. The lowest BCUT2D eigenvalue weighted by atomic mass is 9.96. The second-order valence-corrected chi connectivity index (χ2v) is 5.42. The molecule has 1 amide bonds. The van der Waals surface area contributed by atoms with Crippen molar-refractivity contribution in [2.24, 2.45) is 5.92 Å².